The van der Waals surface area contributed by atoms with Crippen molar-refractivity contribution in [2.75, 3.05) is 5.73 Å². The molecule has 2 rings (SSSR count). The van der Waals surface area contributed by atoms with E-state index in [1.165, 1.54) is 0 Å². The summed E-state index contributed by atoms with van der Waals surface area (Å²) in [7, 11) is 0. The van der Waals surface area contributed by atoms with Crippen LogP contribution < -0.4 is 5.73 Å². The number of aryl methyl sites for hydroxylation is 1. The highest BCUT2D eigenvalue weighted by atomic mass is 32.2. The number of fused-ring (bicyclic) bond motifs is 1. The van der Waals surface area contributed by atoms with E-state index in [0.717, 1.165) is 32.8 Å². The molecule has 0 saturated carbocycles. The van der Waals surface area contributed by atoms with Crippen LogP contribution in [0.5, 0.6) is 0 Å². The molecule has 3 N–H and O–H groups in total. The van der Waals surface area contributed by atoms with Crippen LogP contribution in [0.1, 0.15) is 10.6 Å². The molecule has 0 aliphatic rings. The van der Waals surface area contributed by atoms with E-state index in [0.29, 0.717) is 11.4 Å². The van der Waals surface area contributed by atoms with Gasteiger partial charge in [-0.15, -0.1) is 11.3 Å². The number of nitrogens with two attached hydrogens (primary N) is 1. The van der Waals surface area contributed by atoms with Crippen LogP contribution >= 0.6 is 23.4 Å². The van der Waals surface area contributed by atoms with Crippen molar-refractivity contribution in [3.05, 3.63) is 22.7 Å². The van der Waals surface area contributed by atoms with E-state index in [-0.39, 0.29) is 0 Å². The number of nitrogens with zero attached hydrogens (tertiary/aromatic N) is 1. The second-order valence-electron chi connectivity index (χ2n) is 3.05. The van der Waals surface area contributed by atoms with Crippen molar-refractivity contribution in [2.45, 2.75) is 12.7 Å². The summed E-state index contributed by atoms with van der Waals surface area (Å²) in [5.74, 6) is 0.489. The predicted molar refractivity (Wildman–Crippen MR) is 63.8 cm³/mol. The molecule has 0 amide bonds. The van der Waals surface area contributed by atoms with Crippen LogP contribution in [0.3, 0.4) is 0 Å². The normalized spacial score (nSPS) is 11.1. The molecule has 0 atom stereocenters. The van der Waals surface area contributed by atoms with Gasteiger partial charge in [-0.05, 0) is 19.1 Å². The van der Waals surface area contributed by atoms with Crippen LogP contribution in [-0.4, -0.2) is 10.2 Å². The highest BCUT2D eigenvalue weighted by Crippen LogP contribution is 2.30. The molecule has 15 heavy (non-hydrogen) atoms. The first-order chi connectivity index (χ1) is 7.22. The first-order valence-electron chi connectivity index (χ1n) is 4.30. The van der Waals surface area contributed by atoms with Crippen LogP contribution in [0, 0.1) is 6.92 Å². The van der Waals surface area contributed by atoms with Gasteiger partial charge in [0.05, 0.1) is 21.0 Å². The van der Waals surface area contributed by atoms with Crippen molar-refractivity contribution in [3.8, 4) is 0 Å². The van der Waals surface area contributed by atoms with Gasteiger partial charge in [0, 0.05) is 23.3 Å². The zero-order chi connectivity index (χ0) is 10.8. The molecular formula is C9H10N2O2S2. The van der Waals surface area contributed by atoms with Gasteiger partial charge in [-0.25, -0.2) is 10.2 Å². The number of hydrogen-bond donors (Lipinski definition) is 2. The predicted octanol–water partition coefficient (Wildman–Crippen LogP) is 2.82. The van der Waals surface area contributed by atoms with E-state index in [1.54, 1.807) is 11.3 Å². The maximum atomic E-state index is 8.30. The summed E-state index contributed by atoms with van der Waals surface area (Å²) in [6, 6.07) is 3.82. The molecule has 0 bridgehead atoms. The smallest absolute Gasteiger partial charge is 0.0907 e. The summed E-state index contributed by atoms with van der Waals surface area (Å²) in [6.45, 7) is 1.96. The fraction of sp³-hybridized carbons (Fsp3) is 0.222. The molecule has 0 fully saturated rings. The molecule has 0 spiro atoms. The van der Waals surface area contributed by atoms with E-state index >= 15 is 0 Å². The van der Waals surface area contributed by atoms with Crippen LogP contribution in [0.15, 0.2) is 12.1 Å². The highest BCUT2D eigenvalue weighted by Gasteiger charge is 2.09. The molecule has 6 heteroatoms. The molecule has 1 heterocycles. The Morgan fingerprint density at radius 3 is 3.13 bits per heavy atom. The van der Waals surface area contributed by atoms with Gasteiger partial charge in [-0.1, -0.05) is 0 Å². The molecule has 0 saturated heterocycles. The maximum absolute atomic E-state index is 8.30. The lowest BCUT2D eigenvalue weighted by Gasteiger charge is -2.03. The second-order valence-corrected chi connectivity index (χ2v) is 4.96. The summed E-state index contributed by atoms with van der Waals surface area (Å²) in [5, 5.41) is 9.31. The number of aromatic nitrogens is 1. The van der Waals surface area contributed by atoms with Crippen LogP contribution in [0.2, 0.25) is 0 Å². The first-order valence-corrected chi connectivity index (χ1v) is 6.02. The number of nitrogen functional groups attached to an aromatic ring is 1. The van der Waals surface area contributed by atoms with Gasteiger partial charge >= 0.3 is 0 Å². The topological polar surface area (TPSA) is 68.4 Å². The average molecular weight is 242 g/mol. The van der Waals surface area contributed by atoms with Gasteiger partial charge in [-0.3, -0.25) is 0 Å². The largest absolute Gasteiger partial charge is 0.398 e. The van der Waals surface area contributed by atoms with Crippen molar-refractivity contribution >= 4 is 39.3 Å². The minimum absolute atomic E-state index is 0.489. The molecule has 80 valence electrons. The molecule has 0 aliphatic carbocycles. The van der Waals surface area contributed by atoms with Gasteiger partial charge in [0.1, 0.15) is 0 Å². The monoisotopic (exact) mass is 242 g/mol. The summed E-state index contributed by atoms with van der Waals surface area (Å²) in [4.78, 5) is 4.41. The molecular weight excluding hydrogens is 232 g/mol. The standard InChI is InChI=1S/C9H10N2O2S2/c1-5-11-9-6(4-14-13-12)7(10)2-3-8(9)15-5/h2-3,12H,4,10H2,1H3. The van der Waals surface area contributed by atoms with Gasteiger partial charge in [0.2, 0.25) is 0 Å². The van der Waals surface area contributed by atoms with Gasteiger partial charge in [0.25, 0.3) is 0 Å². The summed E-state index contributed by atoms with van der Waals surface area (Å²) < 4.78 is 5.10. The highest BCUT2D eigenvalue weighted by molar-refractivity contribution is 7.93. The maximum Gasteiger partial charge on any atom is 0.0907 e. The van der Waals surface area contributed by atoms with Crippen LogP contribution in [0.4, 0.5) is 5.69 Å². The van der Waals surface area contributed by atoms with E-state index in [2.05, 4.69) is 9.32 Å². The molecule has 4 nitrogen and oxygen atoms in total. The number of hydrogen-bond acceptors (Lipinski definition) is 6. The van der Waals surface area contributed by atoms with Gasteiger partial charge < -0.3 is 5.73 Å². The zero-order valence-electron chi connectivity index (χ0n) is 8.06. The molecule has 0 unspecified atom stereocenters. The first kappa shape index (κ1) is 10.7. The van der Waals surface area contributed by atoms with Crippen molar-refractivity contribution in [1.82, 2.24) is 4.98 Å². The van der Waals surface area contributed by atoms with E-state index < -0.39 is 0 Å². The lowest BCUT2D eigenvalue weighted by atomic mass is 10.2. The minimum atomic E-state index is 0.489. The van der Waals surface area contributed by atoms with Crippen molar-refractivity contribution in [3.63, 3.8) is 0 Å². The fourth-order valence-electron chi connectivity index (χ4n) is 1.41. The molecule has 2 aromatic rings. The third-order valence-corrected chi connectivity index (χ3v) is 3.51. The Morgan fingerprint density at radius 1 is 1.60 bits per heavy atom. The average Bonchev–Trinajstić information content (AvgIpc) is 2.57. The van der Waals surface area contributed by atoms with E-state index in [1.807, 2.05) is 19.1 Å². The lowest BCUT2D eigenvalue weighted by Crippen LogP contribution is -1.94. The summed E-state index contributed by atoms with van der Waals surface area (Å²) in [6.07, 6.45) is 0. The molecule has 0 radical (unpaired) electrons. The van der Waals surface area contributed by atoms with Gasteiger partial charge in [0.15, 0.2) is 0 Å². The third kappa shape index (κ3) is 2.07. The van der Waals surface area contributed by atoms with Crippen LogP contribution in [0.25, 0.3) is 10.2 Å². The van der Waals surface area contributed by atoms with E-state index in [4.69, 9.17) is 11.0 Å². The van der Waals surface area contributed by atoms with Gasteiger partial charge in [-0.2, -0.15) is 4.33 Å². The lowest BCUT2D eigenvalue weighted by molar-refractivity contribution is -0.116. The quantitative estimate of drug-likeness (QED) is 0.375. The Balaban J connectivity index is 2.52. The Hall–Kier alpha value is -0.820. The minimum Gasteiger partial charge on any atom is -0.398 e. The Bertz CT molecular complexity index is 484. The van der Waals surface area contributed by atoms with Crippen molar-refractivity contribution < 1.29 is 9.59 Å². The van der Waals surface area contributed by atoms with Crippen molar-refractivity contribution in [1.29, 1.82) is 0 Å². The zero-order valence-corrected chi connectivity index (χ0v) is 9.69. The molecule has 0 aliphatic heterocycles. The third-order valence-electron chi connectivity index (χ3n) is 2.06. The summed E-state index contributed by atoms with van der Waals surface area (Å²) in [5.41, 5.74) is 8.35. The molecule has 1 aromatic heterocycles. The van der Waals surface area contributed by atoms with E-state index in [9.17, 15) is 0 Å². The Morgan fingerprint density at radius 2 is 2.40 bits per heavy atom. The van der Waals surface area contributed by atoms with Crippen LogP contribution in [-0.2, 0) is 10.1 Å². The number of rotatable bonds is 3. The SMILES string of the molecule is Cc1nc2c(CSOO)c(N)ccc2s1. The number of anilines is 1. The number of benzene rings is 1. The van der Waals surface area contributed by atoms with Crippen molar-refractivity contribution in [2.24, 2.45) is 0 Å². The molecule has 1 aromatic carbocycles. The Kier molecular flexibility index (Phi) is 3.11. The summed E-state index contributed by atoms with van der Waals surface area (Å²) >= 11 is 2.57. The second kappa shape index (κ2) is 4.36. The number of thiazole rings is 1. The fourth-order valence-corrected chi connectivity index (χ4v) is 2.74. The Labute approximate surface area is 95.2 Å².